The monoisotopic (exact) mass is 425 g/mol. The number of hydrogen-bond donors (Lipinski definition) is 1. The van der Waals surface area contributed by atoms with E-state index in [0.29, 0.717) is 0 Å². The van der Waals surface area contributed by atoms with Crippen LogP contribution in [0, 0.1) is 28.6 Å². The zero-order chi connectivity index (χ0) is 21.3. The van der Waals surface area contributed by atoms with Crippen LogP contribution in [0.15, 0.2) is 39.6 Å². The Bertz CT molecular complexity index is 1180. The molecule has 1 N–H and O–H groups in total. The van der Waals surface area contributed by atoms with E-state index in [1.54, 1.807) is 6.07 Å². The largest absolute Gasteiger partial charge is 0.457 e. The summed E-state index contributed by atoms with van der Waals surface area (Å²) in [5, 5.41) is 27.7. The van der Waals surface area contributed by atoms with Gasteiger partial charge in [-0.15, -0.1) is 4.36 Å². The van der Waals surface area contributed by atoms with Crippen molar-refractivity contribution in [2.45, 2.75) is 29.3 Å². The minimum atomic E-state index is -4.58. The molecular formula is C18H11F4N3O3S. The Morgan fingerprint density at radius 2 is 2.00 bits per heavy atom. The summed E-state index contributed by atoms with van der Waals surface area (Å²) in [5.41, 5.74) is -0.520. The Labute approximate surface area is 162 Å². The zero-order valence-electron chi connectivity index (χ0n) is 14.4. The molecule has 0 aromatic heterocycles. The molecule has 3 rings (SSSR count). The van der Waals surface area contributed by atoms with Crippen LogP contribution in [0.5, 0.6) is 11.5 Å². The summed E-state index contributed by atoms with van der Waals surface area (Å²) >= 11 is 0. The SMILES string of the molecule is N#CN=S(=O)(c1ccc(Oc2cc(F)cc(C#N)c2)c2c1[C@H](O)[C@H](F)C2)C(F)F. The third-order valence-corrected chi connectivity index (χ3v) is 6.09. The molecule has 150 valence electrons. The number of halogens is 4. The molecule has 29 heavy (non-hydrogen) atoms. The summed E-state index contributed by atoms with van der Waals surface area (Å²) < 4.78 is 75.6. The lowest BCUT2D eigenvalue weighted by atomic mass is 10.1. The van der Waals surface area contributed by atoms with E-state index in [4.69, 9.17) is 15.3 Å². The van der Waals surface area contributed by atoms with Crippen molar-refractivity contribution < 1.29 is 31.6 Å². The number of aliphatic hydroxyl groups is 1. The van der Waals surface area contributed by atoms with E-state index in [1.807, 2.05) is 0 Å². The molecule has 0 saturated heterocycles. The van der Waals surface area contributed by atoms with Crippen molar-refractivity contribution in [2.24, 2.45) is 4.36 Å². The van der Waals surface area contributed by atoms with Gasteiger partial charge in [0, 0.05) is 23.6 Å². The van der Waals surface area contributed by atoms with Crippen molar-refractivity contribution in [1.29, 1.82) is 10.5 Å². The minimum Gasteiger partial charge on any atom is -0.457 e. The number of alkyl halides is 3. The molecular weight excluding hydrogens is 414 g/mol. The van der Waals surface area contributed by atoms with Crippen molar-refractivity contribution >= 4 is 9.73 Å². The van der Waals surface area contributed by atoms with E-state index in [1.165, 1.54) is 6.07 Å². The van der Waals surface area contributed by atoms with E-state index < -0.39 is 50.5 Å². The van der Waals surface area contributed by atoms with Crippen LogP contribution in [-0.2, 0) is 16.1 Å². The summed E-state index contributed by atoms with van der Waals surface area (Å²) in [7, 11) is -4.58. The van der Waals surface area contributed by atoms with Crippen molar-refractivity contribution in [2.75, 3.05) is 0 Å². The molecule has 3 atom stereocenters. The van der Waals surface area contributed by atoms with Gasteiger partial charge in [-0.1, -0.05) is 0 Å². The average molecular weight is 425 g/mol. The van der Waals surface area contributed by atoms with Gasteiger partial charge in [0.25, 0.3) is 0 Å². The number of fused-ring (bicyclic) bond motifs is 1. The molecule has 0 heterocycles. The fourth-order valence-electron chi connectivity index (χ4n) is 3.05. The quantitative estimate of drug-likeness (QED) is 0.590. The Kier molecular flexibility index (Phi) is 5.46. The maximum atomic E-state index is 14.2. The van der Waals surface area contributed by atoms with Gasteiger partial charge in [0.15, 0.2) is 9.73 Å². The molecule has 0 spiro atoms. The van der Waals surface area contributed by atoms with Crippen molar-refractivity contribution in [3.05, 3.63) is 52.8 Å². The van der Waals surface area contributed by atoms with Gasteiger partial charge in [0.1, 0.15) is 29.6 Å². The van der Waals surface area contributed by atoms with Crippen LogP contribution in [0.1, 0.15) is 22.8 Å². The highest BCUT2D eigenvalue weighted by Gasteiger charge is 2.40. The predicted octanol–water partition coefficient (Wildman–Crippen LogP) is 3.95. The molecule has 0 bridgehead atoms. The van der Waals surface area contributed by atoms with Crippen LogP contribution < -0.4 is 4.74 Å². The smallest absolute Gasteiger partial charge is 0.324 e. The van der Waals surface area contributed by atoms with Crippen LogP contribution in [-0.4, -0.2) is 21.2 Å². The van der Waals surface area contributed by atoms with E-state index >= 15 is 0 Å². The van der Waals surface area contributed by atoms with Crippen LogP contribution in [0.2, 0.25) is 0 Å². The number of benzene rings is 2. The Morgan fingerprint density at radius 1 is 1.28 bits per heavy atom. The van der Waals surface area contributed by atoms with Gasteiger partial charge in [-0.2, -0.15) is 19.3 Å². The van der Waals surface area contributed by atoms with Crippen molar-refractivity contribution in [3.8, 4) is 23.8 Å². The van der Waals surface area contributed by atoms with Crippen LogP contribution >= 0.6 is 0 Å². The molecule has 6 nitrogen and oxygen atoms in total. The van der Waals surface area contributed by atoms with Crippen LogP contribution in [0.4, 0.5) is 17.6 Å². The molecule has 1 unspecified atom stereocenters. The van der Waals surface area contributed by atoms with Gasteiger partial charge in [-0.05, 0) is 24.3 Å². The van der Waals surface area contributed by atoms with E-state index in [2.05, 4.69) is 4.36 Å². The molecule has 11 heteroatoms. The first kappa shape index (κ1) is 20.6. The zero-order valence-corrected chi connectivity index (χ0v) is 15.2. The first-order valence-electron chi connectivity index (χ1n) is 8.00. The maximum absolute atomic E-state index is 14.2. The molecule has 0 radical (unpaired) electrons. The Hall–Kier alpha value is -3.15. The highest BCUT2D eigenvalue weighted by Crippen LogP contribution is 2.45. The normalized spacial score (nSPS) is 19.7. The molecule has 0 fully saturated rings. The van der Waals surface area contributed by atoms with Crippen molar-refractivity contribution in [1.82, 2.24) is 0 Å². The van der Waals surface area contributed by atoms with E-state index in [0.717, 1.165) is 30.5 Å². The summed E-state index contributed by atoms with van der Waals surface area (Å²) in [6.07, 6.45) is -3.18. The van der Waals surface area contributed by atoms with Gasteiger partial charge < -0.3 is 9.84 Å². The Balaban J connectivity index is 2.19. The third kappa shape index (κ3) is 3.62. The maximum Gasteiger partial charge on any atom is 0.324 e. The minimum absolute atomic E-state index is 0.0507. The molecule has 2 aromatic carbocycles. The summed E-state index contributed by atoms with van der Waals surface area (Å²) in [6.45, 7) is 0. The lowest BCUT2D eigenvalue weighted by Crippen LogP contribution is -2.16. The molecule has 2 aromatic rings. The number of hydrogen-bond acceptors (Lipinski definition) is 6. The topological polar surface area (TPSA) is 106 Å². The molecule has 0 aliphatic heterocycles. The number of aliphatic hydroxyl groups excluding tert-OH is 1. The Morgan fingerprint density at radius 3 is 2.62 bits per heavy atom. The lowest BCUT2D eigenvalue weighted by molar-refractivity contribution is 0.0906. The van der Waals surface area contributed by atoms with Crippen LogP contribution in [0.25, 0.3) is 0 Å². The fraction of sp³-hybridized carbons (Fsp3) is 0.222. The van der Waals surface area contributed by atoms with Crippen molar-refractivity contribution in [3.63, 3.8) is 0 Å². The predicted molar refractivity (Wildman–Crippen MR) is 91.6 cm³/mol. The van der Waals surface area contributed by atoms with Gasteiger partial charge in [0.2, 0.25) is 6.19 Å². The highest BCUT2D eigenvalue weighted by atomic mass is 32.2. The summed E-state index contributed by atoms with van der Waals surface area (Å²) in [4.78, 5) is -0.666. The molecule has 0 amide bonds. The fourth-order valence-corrected chi connectivity index (χ4v) is 4.37. The number of ether oxygens (including phenoxy) is 1. The number of rotatable bonds is 4. The molecule has 1 aliphatic rings. The van der Waals surface area contributed by atoms with E-state index in [9.17, 15) is 26.9 Å². The van der Waals surface area contributed by atoms with Crippen LogP contribution in [0.3, 0.4) is 0 Å². The lowest BCUT2D eigenvalue weighted by Gasteiger charge is -2.17. The summed E-state index contributed by atoms with van der Waals surface area (Å²) in [5.74, 6) is -4.57. The van der Waals surface area contributed by atoms with E-state index in [-0.39, 0.29) is 22.6 Å². The molecule has 0 saturated carbocycles. The van der Waals surface area contributed by atoms with Gasteiger partial charge >= 0.3 is 5.76 Å². The second kappa shape index (κ2) is 7.70. The third-order valence-electron chi connectivity index (χ3n) is 4.27. The standard InChI is InChI=1S/C18H11F4N3O3S/c19-10-3-9(7-23)4-11(5-10)28-14-1-2-15(29(27,18(21)22)25-8-24)16-12(14)6-13(20)17(16)26/h1-5,13,17-18,26H,6H2/t13-,17-,29?/m1/s1. The highest BCUT2D eigenvalue weighted by molar-refractivity contribution is 7.94. The molecule has 1 aliphatic carbocycles. The van der Waals surface area contributed by atoms with Gasteiger partial charge in [-0.25, -0.2) is 13.0 Å². The van der Waals surface area contributed by atoms with Gasteiger partial charge in [0.05, 0.1) is 16.5 Å². The first-order chi connectivity index (χ1) is 13.7. The van der Waals surface area contributed by atoms with Gasteiger partial charge in [-0.3, -0.25) is 0 Å². The average Bonchev–Trinajstić information content (AvgIpc) is 2.97. The number of nitrogens with zero attached hydrogens (tertiary/aromatic N) is 3. The summed E-state index contributed by atoms with van der Waals surface area (Å²) in [6, 6.07) is 6.83. The second-order valence-corrected chi connectivity index (χ2v) is 8.15. The second-order valence-electron chi connectivity index (χ2n) is 6.03. The first-order valence-corrected chi connectivity index (χ1v) is 9.57. The number of nitriles is 2.